The molecule has 0 fully saturated rings. The maximum atomic E-state index is 12.3. The molecule has 1 unspecified atom stereocenters. The maximum Gasteiger partial charge on any atom is 0.445 e. The highest BCUT2D eigenvalue weighted by atomic mass is 32.1. The number of carbonyl (C=O) groups is 1. The molecule has 1 atom stereocenters. The predicted octanol–water partition coefficient (Wildman–Crippen LogP) is 2.62. The fourth-order valence-electron chi connectivity index (χ4n) is 1.53. The van der Waals surface area contributed by atoms with Crippen LogP contribution in [-0.4, -0.2) is 21.2 Å². The zero-order valence-electron chi connectivity index (χ0n) is 10.5. The molecule has 1 amide bonds. The van der Waals surface area contributed by atoms with Gasteiger partial charge in [0.15, 0.2) is 0 Å². The summed E-state index contributed by atoms with van der Waals surface area (Å²) < 4.78 is 37.0. The lowest BCUT2D eigenvalue weighted by molar-refractivity contribution is -0.138. The Morgan fingerprint density at radius 3 is 2.52 bits per heavy atom. The minimum Gasteiger partial charge on any atom is -0.388 e. The molecule has 0 aliphatic heterocycles. The van der Waals surface area contributed by atoms with Gasteiger partial charge < -0.3 is 10.4 Å². The summed E-state index contributed by atoms with van der Waals surface area (Å²) in [5, 5.41) is 16.8. The molecule has 2 N–H and O–H groups in total. The number of anilines is 1. The van der Waals surface area contributed by atoms with Crippen LogP contribution in [0, 0.1) is 0 Å². The summed E-state index contributed by atoms with van der Waals surface area (Å²) in [5.74, 6) is -0.642. The van der Waals surface area contributed by atoms with Gasteiger partial charge >= 0.3 is 6.18 Å². The van der Waals surface area contributed by atoms with Crippen molar-refractivity contribution in [2.75, 3.05) is 5.32 Å². The zero-order valence-corrected chi connectivity index (χ0v) is 11.3. The van der Waals surface area contributed by atoms with Crippen molar-refractivity contribution < 1.29 is 23.1 Å². The van der Waals surface area contributed by atoms with Gasteiger partial charge in [-0.3, -0.25) is 4.79 Å². The van der Waals surface area contributed by atoms with Gasteiger partial charge in [0.1, 0.15) is 0 Å². The van der Waals surface area contributed by atoms with E-state index in [1.165, 1.54) is 0 Å². The summed E-state index contributed by atoms with van der Waals surface area (Å²) in [6.07, 6.45) is -5.92. The van der Waals surface area contributed by atoms with E-state index in [9.17, 15) is 23.1 Å². The molecule has 0 aliphatic rings. The number of hydrogen-bond acceptors (Lipinski definition) is 5. The Hall–Kier alpha value is -2.00. The minimum atomic E-state index is -4.59. The molecule has 1 aromatic carbocycles. The van der Waals surface area contributed by atoms with E-state index in [-0.39, 0.29) is 22.9 Å². The second-order valence-corrected chi connectivity index (χ2v) is 5.07. The lowest BCUT2D eigenvalue weighted by atomic mass is 10.1. The minimum absolute atomic E-state index is 0.230. The molecule has 0 radical (unpaired) electrons. The molecular weight excluding hydrogens is 307 g/mol. The Morgan fingerprint density at radius 2 is 1.95 bits per heavy atom. The molecule has 0 saturated carbocycles. The fourth-order valence-corrected chi connectivity index (χ4v) is 2.15. The van der Waals surface area contributed by atoms with E-state index < -0.39 is 23.2 Å². The lowest BCUT2D eigenvalue weighted by Crippen LogP contribution is -2.15. The second-order valence-electron chi connectivity index (χ2n) is 4.09. The number of halogens is 3. The molecular formula is C12H10F3N3O2S. The van der Waals surface area contributed by atoms with Crippen LogP contribution in [0.5, 0.6) is 0 Å². The third-order valence-corrected chi connectivity index (χ3v) is 3.36. The number of benzene rings is 1. The molecule has 112 valence electrons. The Balaban J connectivity index is 1.94. The normalized spacial score (nSPS) is 13.0. The largest absolute Gasteiger partial charge is 0.445 e. The van der Waals surface area contributed by atoms with Crippen molar-refractivity contribution in [2.45, 2.75) is 18.7 Å². The van der Waals surface area contributed by atoms with E-state index in [2.05, 4.69) is 15.5 Å². The van der Waals surface area contributed by atoms with E-state index >= 15 is 0 Å². The van der Waals surface area contributed by atoms with Crippen molar-refractivity contribution in [1.29, 1.82) is 0 Å². The average Bonchev–Trinajstić information content (AvgIpc) is 2.88. The number of nitrogens with one attached hydrogen (secondary N) is 1. The van der Waals surface area contributed by atoms with Gasteiger partial charge in [-0.15, -0.1) is 10.2 Å². The van der Waals surface area contributed by atoms with Gasteiger partial charge in [0.05, 0.1) is 12.5 Å². The predicted molar refractivity (Wildman–Crippen MR) is 69.6 cm³/mol. The summed E-state index contributed by atoms with van der Waals surface area (Å²) in [6, 6.07) is 8.46. The van der Waals surface area contributed by atoms with Gasteiger partial charge in [-0.05, 0) is 5.56 Å². The molecule has 9 heteroatoms. The molecule has 2 aromatic rings. The van der Waals surface area contributed by atoms with E-state index in [1.807, 2.05) is 0 Å². The van der Waals surface area contributed by atoms with Gasteiger partial charge in [0.2, 0.25) is 16.0 Å². The first kappa shape index (κ1) is 15.4. The van der Waals surface area contributed by atoms with Crippen LogP contribution >= 0.6 is 11.3 Å². The average molecular weight is 317 g/mol. The third kappa shape index (κ3) is 4.23. The zero-order chi connectivity index (χ0) is 15.5. The van der Waals surface area contributed by atoms with Crippen LogP contribution in [0.25, 0.3) is 0 Å². The first-order chi connectivity index (χ1) is 9.86. The molecule has 0 spiro atoms. The number of aliphatic hydroxyl groups excluding tert-OH is 1. The van der Waals surface area contributed by atoms with Crippen LogP contribution in [0.15, 0.2) is 30.3 Å². The van der Waals surface area contributed by atoms with Gasteiger partial charge in [0, 0.05) is 0 Å². The highest BCUT2D eigenvalue weighted by molar-refractivity contribution is 7.15. The van der Waals surface area contributed by atoms with Crippen LogP contribution in [0.4, 0.5) is 18.3 Å². The van der Waals surface area contributed by atoms with Crippen molar-refractivity contribution in [3.05, 3.63) is 40.9 Å². The number of alkyl halides is 3. The topological polar surface area (TPSA) is 75.1 Å². The van der Waals surface area contributed by atoms with Crippen LogP contribution in [-0.2, 0) is 11.0 Å². The molecule has 1 aromatic heterocycles. The number of hydrogen-bond donors (Lipinski definition) is 2. The Kier molecular flexibility index (Phi) is 4.53. The third-order valence-electron chi connectivity index (χ3n) is 2.48. The summed E-state index contributed by atoms with van der Waals surface area (Å²) in [4.78, 5) is 11.6. The first-order valence-electron chi connectivity index (χ1n) is 5.80. The number of aliphatic hydroxyl groups is 1. The van der Waals surface area contributed by atoms with Gasteiger partial charge in [0.25, 0.3) is 0 Å². The first-order valence-corrected chi connectivity index (χ1v) is 6.61. The Bertz CT molecular complexity index is 616. The van der Waals surface area contributed by atoms with Crippen LogP contribution in [0.3, 0.4) is 0 Å². The van der Waals surface area contributed by atoms with Crippen molar-refractivity contribution in [2.24, 2.45) is 0 Å². The summed E-state index contributed by atoms with van der Waals surface area (Å²) in [7, 11) is 0. The number of rotatable bonds is 4. The number of carbonyl (C=O) groups excluding carboxylic acids is 1. The highest BCUT2D eigenvalue weighted by Gasteiger charge is 2.35. The monoisotopic (exact) mass is 317 g/mol. The quantitative estimate of drug-likeness (QED) is 0.909. The van der Waals surface area contributed by atoms with Gasteiger partial charge in [-0.2, -0.15) is 13.2 Å². The lowest BCUT2D eigenvalue weighted by Gasteiger charge is -2.09. The Labute approximate surface area is 121 Å². The van der Waals surface area contributed by atoms with Crippen LogP contribution < -0.4 is 5.32 Å². The van der Waals surface area contributed by atoms with Crippen molar-refractivity contribution in [3.8, 4) is 0 Å². The smallest absolute Gasteiger partial charge is 0.388 e. The Morgan fingerprint density at radius 1 is 1.29 bits per heavy atom. The molecule has 5 nitrogen and oxygen atoms in total. The fraction of sp³-hybridized carbons (Fsp3) is 0.250. The SMILES string of the molecule is O=C(CC(O)c1ccccc1)Nc1nnc(C(F)(F)F)s1. The molecule has 0 saturated heterocycles. The summed E-state index contributed by atoms with van der Waals surface area (Å²) in [5.41, 5.74) is 0.542. The molecule has 21 heavy (non-hydrogen) atoms. The maximum absolute atomic E-state index is 12.3. The summed E-state index contributed by atoms with van der Waals surface area (Å²) in [6.45, 7) is 0. The molecule has 0 aliphatic carbocycles. The number of amides is 1. The van der Waals surface area contributed by atoms with E-state index in [1.54, 1.807) is 30.3 Å². The van der Waals surface area contributed by atoms with Crippen molar-refractivity contribution in [1.82, 2.24) is 10.2 Å². The highest BCUT2D eigenvalue weighted by Crippen LogP contribution is 2.33. The molecule has 2 rings (SSSR count). The van der Waals surface area contributed by atoms with Gasteiger partial charge in [-0.25, -0.2) is 0 Å². The van der Waals surface area contributed by atoms with E-state index in [4.69, 9.17) is 0 Å². The molecule has 0 bridgehead atoms. The van der Waals surface area contributed by atoms with Gasteiger partial charge in [-0.1, -0.05) is 41.7 Å². The van der Waals surface area contributed by atoms with Crippen molar-refractivity contribution in [3.63, 3.8) is 0 Å². The summed E-state index contributed by atoms with van der Waals surface area (Å²) >= 11 is 0.230. The van der Waals surface area contributed by atoms with Crippen LogP contribution in [0.1, 0.15) is 23.1 Å². The molecule has 1 heterocycles. The van der Waals surface area contributed by atoms with Crippen LogP contribution in [0.2, 0.25) is 0 Å². The second kappa shape index (κ2) is 6.19. The number of aromatic nitrogens is 2. The van der Waals surface area contributed by atoms with E-state index in [0.717, 1.165) is 0 Å². The number of nitrogens with zero attached hydrogens (tertiary/aromatic N) is 2. The standard InChI is InChI=1S/C12H10F3N3O2S/c13-12(14,15)10-17-18-11(21-10)16-9(20)6-8(19)7-4-2-1-3-5-7/h1-5,8,19H,6H2,(H,16,18,20). The van der Waals surface area contributed by atoms with Crippen molar-refractivity contribution >= 4 is 22.4 Å². The van der Waals surface area contributed by atoms with E-state index in [0.29, 0.717) is 5.56 Å².